The van der Waals surface area contributed by atoms with E-state index < -0.39 is 15.9 Å². The smallest absolute Gasteiger partial charge is 0.261 e. The van der Waals surface area contributed by atoms with Crippen LogP contribution >= 0.6 is 0 Å². The molecule has 2 N–H and O–H groups in total. The molecule has 8 heteroatoms. The summed E-state index contributed by atoms with van der Waals surface area (Å²) in [5.41, 5.74) is 1.99. The molecule has 3 aromatic carbocycles. The van der Waals surface area contributed by atoms with Crippen LogP contribution in [0.15, 0.2) is 77.7 Å². The van der Waals surface area contributed by atoms with Crippen molar-refractivity contribution in [2.45, 2.75) is 37.5 Å². The summed E-state index contributed by atoms with van der Waals surface area (Å²) in [7, 11) is -3.80. The summed E-state index contributed by atoms with van der Waals surface area (Å²) in [5, 5.41) is 2.86. The zero-order valence-corrected chi connectivity index (χ0v) is 20.5. The SMILES string of the molecule is Cc1c(NS(=O)(=O)c2ccccc2)cccc1C(=O)Nc1ccccc1C(=O)N1CCCCCC1. The van der Waals surface area contributed by atoms with Crippen LogP contribution in [0.1, 0.15) is 52.0 Å². The molecule has 0 saturated carbocycles. The number of nitrogens with zero attached hydrogens (tertiary/aromatic N) is 1. The lowest BCUT2D eigenvalue weighted by Gasteiger charge is -2.22. The molecule has 0 aromatic heterocycles. The number of sulfonamides is 1. The third kappa shape index (κ3) is 5.71. The number of hydrogen-bond donors (Lipinski definition) is 2. The van der Waals surface area contributed by atoms with E-state index in [9.17, 15) is 18.0 Å². The number of carbonyl (C=O) groups excluding carboxylic acids is 2. The quantitative estimate of drug-likeness (QED) is 0.504. The van der Waals surface area contributed by atoms with Crippen molar-refractivity contribution in [1.29, 1.82) is 0 Å². The first-order valence-corrected chi connectivity index (χ1v) is 13.2. The molecule has 1 fully saturated rings. The molecule has 182 valence electrons. The maximum Gasteiger partial charge on any atom is 0.261 e. The van der Waals surface area contributed by atoms with Gasteiger partial charge in [0.2, 0.25) is 0 Å². The molecule has 3 aromatic rings. The van der Waals surface area contributed by atoms with Crippen molar-refractivity contribution in [3.8, 4) is 0 Å². The van der Waals surface area contributed by atoms with Gasteiger partial charge in [-0.25, -0.2) is 8.42 Å². The summed E-state index contributed by atoms with van der Waals surface area (Å²) in [6.45, 7) is 3.11. The molecule has 2 amide bonds. The monoisotopic (exact) mass is 491 g/mol. The van der Waals surface area contributed by atoms with Gasteiger partial charge in [0.1, 0.15) is 0 Å². The third-order valence-corrected chi connectivity index (χ3v) is 7.56. The van der Waals surface area contributed by atoms with Crippen molar-refractivity contribution in [3.63, 3.8) is 0 Å². The average molecular weight is 492 g/mol. The van der Waals surface area contributed by atoms with Crippen LogP contribution in [0.4, 0.5) is 11.4 Å². The standard InChI is InChI=1S/C27H29N3O4S/c1-20-22(15-11-17-24(20)29-35(33,34)21-12-5-4-6-13-21)26(31)28-25-16-8-7-14-23(25)27(32)30-18-9-2-3-10-19-30/h4-8,11-17,29H,2-3,9-10,18-19H2,1H3,(H,28,31). The molecule has 1 saturated heterocycles. The van der Waals surface area contributed by atoms with Gasteiger partial charge in [-0.2, -0.15) is 0 Å². The fourth-order valence-electron chi connectivity index (χ4n) is 4.21. The average Bonchev–Trinajstić information content (AvgIpc) is 3.15. The van der Waals surface area contributed by atoms with Crippen LogP contribution < -0.4 is 10.0 Å². The Morgan fingerprint density at radius 2 is 1.34 bits per heavy atom. The molecule has 0 radical (unpaired) electrons. The summed E-state index contributed by atoms with van der Waals surface area (Å²) in [4.78, 5) is 28.4. The van der Waals surface area contributed by atoms with Gasteiger partial charge in [0, 0.05) is 18.7 Å². The van der Waals surface area contributed by atoms with E-state index in [1.165, 1.54) is 12.1 Å². The third-order valence-electron chi connectivity index (χ3n) is 6.18. The number of likely N-dealkylation sites (tertiary alicyclic amines) is 1. The predicted octanol–water partition coefficient (Wildman–Crippen LogP) is 5.06. The van der Waals surface area contributed by atoms with Crippen LogP contribution in [0.25, 0.3) is 0 Å². The summed E-state index contributed by atoms with van der Waals surface area (Å²) in [5.74, 6) is -0.511. The Balaban J connectivity index is 1.56. The van der Waals surface area contributed by atoms with Crippen molar-refractivity contribution in [1.82, 2.24) is 4.90 Å². The summed E-state index contributed by atoms with van der Waals surface area (Å²) >= 11 is 0. The molecule has 0 unspecified atom stereocenters. The lowest BCUT2D eigenvalue weighted by molar-refractivity contribution is 0.0762. The van der Waals surface area contributed by atoms with Crippen molar-refractivity contribution in [2.75, 3.05) is 23.1 Å². The highest BCUT2D eigenvalue weighted by atomic mass is 32.2. The van der Waals surface area contributed by atoms with E-state index in [0.717, 1.165) is 25.7 Å². The van der Waals surface area contributed by atoms with Gasteiger partial charge < -0.3 is 10.2 Å². The first kappa shape index (κ1) is 24.5. The second-order valence-corrected chi connectivity index (χ2v) is 10.3. The van der Waals surface area contributed by atoms with E-state index in [0.29, 0.717) is 41.2 Å². The highest BCUT2D eigenvalue weighted by Crippen LogP contribution is 2.25. The number of amides is 2. The number of benzene rings is 3. The van der Waals surface area contributed by atoms with E-state index in [-0.39, 0.29) is 10.8 Å². The topological polar surface area (TPSA) is 95.6 Å². The Bertz CT molecular complexity index is 1320. The molecule has 35 heavy (non-hydrogen) atoms. The number of para-hydroxylation sites is 1. The molecule has 0 aliphatic carbocycles. The van der Waals surface area contributed by atoms with Crippen LogP contribution in [0, 0.1) is 6.92 Å². The largest absolute Gasteiger partial charge is 0.339 e. The van der Waals surface area contributed by atoms with Gasteiger partial charge in [-0.15, -0.1) is 0 Å². The van der Waals surface area contributed by atoms with Crippen molar-refractivity contribution in [3.05, 3.63) is 89.5 Å². The van der Waals surface area contributed by atoms with E-state index in [2.05, 4.69) is 10.0 Å². The molecule has 7 nitrogen and oxygen atoms in total. The molecule has 0 bridgehead atoms. The summed E-state index contributed by atoms with van der Waals surface area (Å²) in [6, 6.07) is 19.9. The van der Waals surface area contributed by atoms with Gasteiger partial charge in [0.25, 0.3) is 21.8 Å². The van der Waals surface area contributed by atoms with Gasteiger partial charge in [0.15, 0.2) is 0 Å². The minimum absolute atomic E-state index is 0.0936. The van der Waals surface area contributed by atoms with Gasteiger partial charge in [-0.05, 0) is 61.7 Å². The molecular formula is C27H29N3O4S. The van der Waals surface area contributed by atoms with Crippen LogP contribution in [0.3, 0.4) is 0 Å². The van der Waals surface area contributed by atoms with E-state index in [1.807, 2.05) is 4.90 Å². The maximum atomic E-state index is 13.2. The normalized spacial score (nSPS) is 14.1. The van der Waals surface area contributed by atoms with Gasteiger partial charge in [-0.3, -0.25) is 14.3 Å². The van der Waals surface area contributed by atoms with E-state index in [4.69, 9.17) is 0 Å². The second kappa shape index (κ2) is 10.7. The van der Waals surface area contributed by atoms with E-state index in [1.54, 1.807) is 67.6 Å². The van der Waals surface area contributed by atoms with Gasteiger partial charge in [0.05, 0.1) is 21.8 Å². The molecule has 1 heterocycles. The molecule has 0 atom stereocenters. The van der Waals surface area contributed by atoms with Crippen LogP contribution in [0.2, 0.25) is 0 Å². The Kier molecular flexibility index (Phi) is 7.51. The highest BCUT2D eigenvalue weighted by molar-refractivity contribution is 7.92. The Morgan fingerprint density at radius 1 is 0.743 bits per heavy atom. The second-order valence-electron chi connectivity index (χ2n) is 8.60. The summed E-state index contributed by atoms with van der Waals surface area (Å²) < 4.78 is 28.1. The lowest BCUT2D eigenvalue weighted by Crippen LogP contribution is -2.32. The number of nitrogens with one attached hydrogen (secondary N) is 2. The fraction of sp³-hybridized carbons (Fsp3) is 0.259. The summed E-state index contributed by atoms with van der Waals surface area (Å²) in [6.07, 6.45) is 4.19. The maximum absolute atomic E-state index is 13.2. The number of rotatable bonds is 6. The van der Waals surface area contributed by atoms with E-state index >= 15 is 0 Å². The van der Waals surface area contributed by atoms with Crippen molar-refractivity contribution < 1.29 is 18.0 Å². The predicted molar refractivity (Wildman–Crippen MR) is 137 cm³/mol. The minimum Gasteiger partial charge on any atom is -0.339 e. The number of hydrogen-bond acceptors (Lipinski definition) is 4. The van der Waals surface area contributed by atoms with Crippen LogP contribution in [0.5, 0.6) is 0 Å². The Labute approximate surface area is 206 Å². The lowest BCUT2D eigenvalue weighted by atomic mass is 10.1. The highest BCUT2D eigenvalue weighted by Gasteiger charge is 2.22. The van der Waals surface area contributed by atoms with Gasteiger partial charge >= 0.3 is 0 Å². The molecular weight excluding hydrogens is 462 g/mol. The number of anilines is 2. The minimum atomic E-state index is -3.80. The Hall–Kier alpha value is -3.65. The number of carbonyl (C=O) groups is 2. The fourth-order valence-corrected chi connectivity index (χ4v) is 5.35. The molecule has 1 aliphatic rings. The van der Waals surface area contributed by atoms with Crippen molar-refractivity contribution in [2.24, 2.45) is 0 Å². The Morgan fingerprint density at radius 3 is 2.06 bits per heavy atom. The molecule has 0 spiro atoms. The van der Waals surface area contributed by atoms with Crippen LogP contribution in [-0.4, -0.2) is 38.2 Å². The molecule has 1 aliphatic heterocycles. The molecule has 4 rings (SSSR count). The zero-order chi connectivity index (χ0) is 24.8. The first-order chi connectivity index (χ1) is 16.9. The zero-order valence-electron chi connectivity index (χ0n) is 19.7. The van der Waals surface area contributed by atoms with Gasteiger partial charge in [-0.1, -0.05) is 49.2 Å². The first-order valence-electron chi connectivity index (χ1n) is 11.7. The van der Waals surface area contributed by atoms with Crippen LogP contribution in [-0.2, 0) is 10.0 Å². The van der Waals surface area contributed by atoms with Crippen molar-refractivity contribution >= 4 is 33.2 Å².